The van der Waals surface area contributed by atoms with Crippen molar-refractivity contribution in [2.45, 2.75) is 51.3 Å². The van der Waals surface area contributed by atoms with Gasteiger partial charge in [0.1, 0.15) is 5.60 Å². The van der Waals surface area contributed by atoms with E-state index >= 15 is 0 Å². The summed E-state index contributed by atoms with van der Waals surface area (Å²) in [6, 6.07) is 13.5. The van der Waals surface area contributed by atoms with Crippen LogP contribution in [0.3, 0.4) is 0 Å². The number of amides is 1. The zero-order valence-electron chi connectivity index (χ0n) is 17.6. The van der Waals surface area contributed by atoms with Crippen LogP contribution >= 0.6 is 0 Å². The second-order valence-electron chi connectivity index (χ2n) is 9.26. The molecule has 1 saturated carbocycles. The van der Waals surface area contributed by atoms with Crippen molar-refractivity contribution in [3.63, 3.8) is 0 Å². The van der Waals surface area contributed by atoms with Crippen molar-refractivity contribution in [3.8, 4) is 6.07 Å². The second kappa shape index (κ2) is 7.38. The Morgan fingerprint density at radius 3 is 2.94 bits per heavy atom. The maximum absolute atomic E-state index is 12.7. The number of carbonyl (C=O) groups is 1. The van der Waals surface area contributed by atoms with Gasteiger partial charge in [-0.05, 0) is 61.4 Å². The molecule has 3 heterocycles. The number of fused-ring (bicyclic) bond motifs is 1. The van der Waals surface area contributed by atoms with Gasteiger partial charge in [0.15, 0.2) is 0 Å². The molecule has 1 aromatic carbocycles. The van der Waals surface area contributed by atoms with Crippen LogP contribution in [0.15, 0.2) is 48.9 Å². The first kappa shape index (κ1) is 19.6. The molecule has 1 amide bonds. The molecule has 1 aliphatic carbocycles. The largest absolute Gasteiger partial charge is 0.441 e. The van der Waals surface area contributed by atoms with E-state index in [0.717, 1.165) is 49.0 Å². The molecule has 1 aliphatic heterocycles. The highest BCUT2D eigenvalue weighted by Gasteiger charge is 2.51. The van der Waals surface area contributed by atoms with Crippen LogP contribution in [-0.4, -0.2) is 37.7 Å². The first-order valence-corrected chi connectivity index (χ1v) is 10.7. The van der Waals surface area contributed by atoms with Gasteiger partial charge >= 0.3 is 6.09 Å². The SMILES string of the molecule is CC1(Cn2cnc3ccc(C#N)cc32)CCCC2(CN(Cc3ccccn3)C(=O)O2)C1. The predicted octanol–water partition coefficient (Wildman–Crippen LogP) is 4.27. The number of hydrogen-bond acceptors (Lipinski definition) is 5. The van der Waals surface area contributed by atoms with Gasteiger partial charge in [-0.15, -0.1) is 0 Å². The quantitative estimate of drug-likeness (QED) is 0.635. The van der Waals surface area contributed by atoms with E-state index in [9.17, 15) is 10.1 Å². The topological polar surface area (TPSA) is 84.0 Å². The minimum atomic E-state index is -0.451. The first-order chi connectivity index (χ1) is 15.0. The van der Waals surface area contributed by atoms with Crippen LogP contribution in [0.25, 0.3) is 11.0 Å². The molecule has 0 bridgehead atoms. The lowest BCUT2D eigenvalue weighted by molar-refractivity contribution is -0.0270. The molecule has 158 valence electrons. The summed E-state index contributed by atoms with van der Waals surface area (Å²) in [5, 5.41) is 9.26. The van der Waals surface area contributed by atoms with Crippen LogP contribution in [0.1, 0.15) is 43.9 Å². The van der Waals surface area contributed by atoms with Crippen LogP contribution in [0, 0.1) is 16.7 Å². The van der Waals surface area contributed by atoms with Crippen molar-refractivity contribution in [1.29, 1.82) is 5.26 Å². The Bertz CT molecular complexity index is 1170. The van der Waals surface area contributed by atoms with Crippen molar-refractivity contribution in [2.24, 2.45) is 5.41 Å². The number of carbonyl (C=O) groups excluding carboxylic acids is 1. The fourth-order valence-electron chi connectivity index (χ4n) is 5.31. The molecule has 31 heavy (non-hydrogen) atoms. The van der Waals surface area contributed by atoms with Crippen LogP contribution in [0.2, 0.25) is 0 Å². The molecule has 0 N–H and O–H groups in total. The molecular formula is C24H25N5O2. The Labute approximate surface area is 181 Å². The Hall–Kier alpha value is -3.40. The molecule has 5 rings (SSSR count). The standard InChI is InChI=1S/C24H25N5O2/c1-23(15-29-17-27-20-7-6-18(12-25)11-21(20)29)8-4-9-24(14-23)16-28(22(30)31-24)13-19-5-2-3-10-26-19/h2-3,5-7,10-11,17H,4,8-9,13-16H2,1H3. The molecule has 1 saturated heterocycles. The lowest BCUT2D eigenvalue weighted by Crippen LogP contribution is -2.44. The van der Waals surface area contributed by atoms with E-state index in [1.165, 1.54) is 0 Å². The molecule has 7 heteroatoms. The predicted molar refractivity (Wildman–Crippen MR) is 115 cm³/mol. The summed E-state index contributed by atoms with van der Waals surface area (Å²) in [6.07, 6.45) is 7.12. The van der Waals surface area contributed by atoms with Gasteiger partial charge < -0.3 is 9.30 Å². The molecule has 2 aliphatic rings. The third kappa shape index (κ3) is 3.74. The van der Waals surface area contributed by atoms with E-state index < -0.39 is 5.60 Å². The van der Waals surface area contributed by atoms with Crippen LogP contribution < -0.4 is 0 Å². The van der Waals surface area contributed by atoms with Crippen LogP contribution in [0.5, 0.6) is 0 Å². The van der Waals surface area contributed by atoms with Gasteiger partial charge in [0.2, 0.25) is 0 Å². The third-order valence-corrected chi connectivity index (χ3v) is 6.58. The minimum absolute atomic E-state index is 0.0319. The summed E-state index contributed by atoms with van der Waals surface area (Å²) < 4.78 is 8.14. The number of aromatic nitrogens is 3. The van der Waals surface area contributed by atoms with Gasteiger partial charge in [-0.2, -0.15) is 5.26 Å². The van der Waals surface area contributed by atoms with Gasteiger partial charge in [-0.3, -0.25) is 9.88 Å². The first-order valence-electron chi connectivity index (χ1n) is 10.7. The van der Waals surface area contributed by atoms with E-state index in [2.05, 4.69) is 27.5 Å². The average Bonchev–Trinajstić information content (AvgIpc) is 3.28. The highest BCUT2D eigenvalue weighted by Crippen LogP contribution is 2.47. The molecule has 2 fully saturated rings. The summed E-state index contributed by atoms with van der Waals surface area (Å²) in [5.41, 5.74) is 2.88. The molecule has 7 nitrogen and oxygen atoms in total. The van der Waals surface area contributed by atoms with Crippen molar-refractivity contribution in [2.75, 3.05) is 6.54 Å². The third-order valence-electron chi connectivity index (χ3n) is 6.58. The normalized spacial score (nSPS) is 25.7. The summed E-state index contributed by atoms with van der Waals surface area (Å²) in [6.45, 7) is 4.11. The fourth-order valence-corrected chi connectivity index (χ4v) is 5.31. The van der Waals surface area contributed by atoms with Gasteiger partial charge in [0.25, 0.3) is 0 Å². The Morgan fingerprint density at radius 1 is 1.23 bits per heavy atom. The van der Waals surface area contributed by atoms with Crippen LogP contribution in [-0.2, 0) is 17.8 Å². The van der Waals surface area contributed by atoms with E-state index in [1.807, 2.05) is 36.7 Å². The number of imidazole rings is 1. The van der Waals surface area contributed by atoms with Gasteiger partial charge in [0, 0.05) is 12.7 Å². The summed E-state index contributed by atoms with van der Waals surface area (Å²) in [5.74, 6) is 0. The van der Waals surface area contributed by atoms with E-state index in [-0.39, 0.29) is 11.5 Å². The van der Waals surface area contributed by atoms with E-state index in [4.69, 9.17) is 4.74 Å². The van der Waals surface area contributed by atoms with Gasteiger partial charge in [-0.1, -0.05) is 13.0 Å². The molecular weight excluding hydrogens is 390 g/mol. The zero-order valence-corrected chi connectivity index (χ0v) is 17.6. The maximum atomic E-state index is 12.7. The van der Waals surface area contributed by atoms with Gasteiger partial charge in [-0.25, -0.2) is 9.78 Å². The number of rotatable bonds is 4. The lowest BCUT2D eigenvalue weighted by Gasteiger charge is -2.43. The molecule has 3 aromatic rings. The Morgan fingerprint density at radius 2 is 2.13 bits per heavy atom. The number of nitrogens with zero attached hydrogens (tertiary/aromatic N) is 5. The summed E-state index contributed by atoms with van der Waals surface area (Å²) in [4.78, 5) is 23.3. The minimum Gasteiger partial charge on any atom is -0.441 e. The lowest BCUT2D eigenvalue weighted by atomic mass is 9.68. The van der Waals surface area contributed by atoms with Crippen molar-refractivity contribution in [3.05, 3.63) is 60.2 Å². The molecule has 2 atom stereocenters. The van der Waals surface area contributed by atoms with Gasteiger partial charge in [0.05, 0.1) is 47.8 Å². The summed E-state index contributed by atoms with van der Waals surface area (Å²) >= 11 is 0. The number of ether oxygens (including phenoxy) is 1. The second-order valence-corrected chi connectivity index (χ2v) is 9.26. The smallest absolute Gasteiger partial charge is 0.410 e. The zero-order chi connectivity index (χ0) is 21.5. The molecule has 1 spiro atoms. The Balaban J connectivity index is 1.35. The number of hydrogen-bond donors (Lipinski definition) is 0. The molecule has 2 unspecified atom stereocenters. The molecule has 0 radical (unpaired) electrons. The highest BCUT2D eigenvalue weighted by molar-refractivity contribution is 5.77. The molecule has 2 aromatic heterocycles. The summed E-state index contributed by atoms with van der Waals surface area (Å²) in [7, 11) is 0. The average molecular weight is 415 g/mol. The Kier molecular flexibility index (Phi) is 4.66. The van der Waals surface area contributed by atoms with E-state index in [0.29, 0.717) is 18.7 Å². The number of benzene rings is 1. The maximum Gasteiger partial charge on any atom is 0.410 e. The van der Waals surface area contributed by atoms with Crippen LogP contribution in [0.4, 0.5) is 4.79 Å². The number of pyridine rings is 1. The number of nitriles is 1. The van der Waals surface area contributed by atoms with Crippen molar-refractivity contribution >= 4 is 17.1 Å². The fraction of sp³-hybridized carbons (Fsp3) is 0.417. The van der Waals surface area contributed by atoms with Crippen molar-refractivity contribution < 1.29 is 9.53 Å². The monoisotopic (exact) mass is 415 g/mol. The highest BCUT2D eigenvalue weighted by atomic mass is 16.6. The van der Waals surface area contributed by atoms with E-state index in [1.54, 1.807) is 17.2 Å². The van der Waals surface area contributed by atoms with Crippen molar-refractivity contribution in [1.82, 2.24) is 19.4 Å².